The first-order valence-electron chi connectivity index (χ1n) is 5.72. The van der Waals surface area contributed by atoms with Crippen molar-refractivity contribution >= 4 is 12.0 Å². The molecule has 0 radical (unpaired) electrons. The van der Waals surface area contributed by atoms with E-state index in [2.05, 4.69) is 0 Å². The molecule has 1 aromatic rings. The molecule has 5 nitrogen and oxygen atoms in total. The van der Waals surface area contributed by atoms with Crippen LogP contribution in [-0.4, -0.2) is 29.1 Å². The molecule has 0 unspecified atom stereocenters. The van der Waals surface area contributed by atoms with Gasteiger partial charge in [0.1, 0.15) is 5.82 Å². The Morgan fingerprint density at radius 1 is 1.35 bits per heavy atom. The van der Waals surface area contributed by atoms with Crippen molar-refractivity contribution in [2.45, 2.75) is 6.54 Å². The molecule has 0 fully saturated rings. The zero-order chi connectivity index (χ0) is 15.0. The number of hydrogen-bond donors (Lipinski definition) is 1. The van der Waals surface area contributed by atoms with Gasteiger partial charge in [-0.3, -0.25) is 4.90 Å². The third-order valence-corrected chi connectivity index (χ3v) is 2.48. The molecule has 0 heterocycles. The average molecular weight is 273 g/mol. The van der Waals surface area contributed by atoms with E-state index in [0.29, 0.717) is 11.1 Å². The second kappa shape index (κ2) is 7.67. The molecule has 0 amide bonds. The zero-order valence-corrected chi connectivity index (χ0v) is 10.6. The normalized spacial score (nSPS) is 10.4. The lowest BCUT2D eigenvalue weighted by molar-refractivity contribution is -0.131. The SMILES string of the molecule is N#CCN(CC#N)Cc1ccc(C=CC(=O)O)cc1F. The fourth-order valence-electron chi connectivity index (χ4n) is 1.57. The highest BCUT2D eigenvalue weighted by Gasteiger charge is 2.09. The van der Waals surface area contributed by atoms with E-state index >= 15 is 0 Å². The van der Waals surface area contributed by atoms with Crippen LogP contribution in [0.25, 0.3) is 6.08 Å². The Morgan fingerprint density at radius 3 is 2.50 bits per heavy atom. The van der Waals surface area contributed by atoms with E-state index in [9.17, 15) is 9.18 Å². The number of carbonyl (C=O) groups is 1. The Balaban J connectivity index is 2.85. The Morgan fingerprint density at radius 2 is 2.00 bits per heavy atom. The first-order valence-corrected chi connectivity index (χ1v) is 5.72. The maximum Gasteiger partial charge on any atom is 0.328 e. The lowest BCUT2D eigenvalue weighted by Crippen LogP contribution is -2.24. The van der Waals surface area contributed by atoms with Crippen molar-refractivity contribution in [3.63, 3.8) is 0 Å². The van der Waals surface area contributed by atoms with Gasteiger partial charge < -0.3 is 5.11 Å². The van der Waals surface area contributed by atoms with Gasteiger partial charge in [0.05, 0.1) is 25.2 Å². The molecule has 0 aliphatic carbocycles. The average Bonchev–Trinajstić information content (AvgIpc) is 2.39. The first kappa shape index (κ1) is 15.4. The number of carboxylic acid groups (broad SMARTS) is 1. The van der Waals surface area contributed by atoms with Crippen molar-refractivity contribution < 1.29 is 14.3 Å². The van der Waals surface area contributed by atoms with Crippen LogP contribution in [0.15, 0.2) is 24.3 Å². The highest BCUT2D eigenvalue weighted by Crippen LogP contribution is 2.14. The molecular formula is C14H12FN3O2. The highest BCUT2D eigenvalue weighted by atomic mass is 19.1. The van der Waals surface area contributed by atoms with Gasteiger partial charge in [0.2, 0.25) is 0 Å². The van der Waals surface area contributed by atoms with Gasteiger partial charge in [-0.05, 0) is 17.7 Å². The molecule has 0 aliphatic heterocycles. The molecule has 0 atom stereocenters. The number of benzene rings is 1. The van der Waals surface area contributed by atoms with Gasteiger partial charge in [-0.15, -0.1) is 0 Å². The van der Waals surface area contributed by atoms with Crippen molar-refractivity contribution in [2.75, 3.05) is 13.1 Å². The van der Waals surface area contributed by atoms with Crippen LogP contribution >= 0.6 is 0 Å². The molecule has 0 saturated heterocycles. The molecule has 20 heavy (non-hydrogen) atoms. The molecule has 1 N–H and O–H groups in total. The topological polar surface area (TPSA) is 88.1 Å². The second-order valence-corrected chi connectivity index (χ2v) is 3.98. The van der Waals surface area contributed by atoms with E-state index in [-0.39, 0.29) is 19.6 Å². The fourth-order valence-corrected chi connectivity index (χ4v) is 1.57. The van der Waals surface area contributed by atoms with Gasteiger partial charge in [-0.1, -0.05) is 12.1 Å². The lowest BCUT2D eigenvalue weighted by Gasteiger charge is -2.15. The van der Waals surface area contributed by atoms with Crippen LogP contribution < -0.4 is 0 Å². The van der Waals surface area contributed by atoms with Gasteiger partial charge in [-0.2, -0.15) is 10.5 Å². The first-order chi connectivity index (χ1) is 9.56. The Bertz CT molecular complexity index is 583. The van der Waals surface area contributed by atoms with E-state index in [1.807, 2.05) is 12.1 Å². The number of hydrogen-bond acceptors (Lipinski definition) is 4. The second-order valence-electron chi connectivity index (χ2n) is 3.98. The molecule has 0 aliphatic rings. The van der Waals surface area contributed by atoms with Crippen LogP contribution in [0.2, 0.25) is 0 Å². The van der Waals surface area contributed by atoms with Crippen LogP contribution in [0.5, 0.6) is 0 Å². The number of aliphatic carboxylic acids is 1. The van der Waals surface area contributed by atoms with Crippen molar-refractivity contribution in [2.24, 2.45) is 0 Å². The minimum absolute atomic E-state index is 0.0354. The van der Waals surface area contributed by atoms with E-state index in [4.69, 9.17) is 15.6 Å². The summed E-state index contributed by atoms with van der Waals surface area (Å²) in [5, 5.41) is 25.7. The summed E-state index contributed by atoms with van der Waals surface area (Å²) in [7, 11) is 0. The molecule has 0 spiro atoms. The summed E-state index contributed by atoms with van der Waals surface area (Å²) in [6.07, 6.45) is 2.21. The third kappa shape index (κ3) is 4.89. The monoisotopic (exact) mass is 273 g/mol. The molecule has 1 rings (SSSR count). The third-order valence-electron chi connectivity index (χ3n) is 2.48. The Hall–Kier alpha value is -2.70. The number of nitriles is 2. The Kier molecular flexibility index (Phi) is 5.89. The van der Waals surface area contributed by atoms with E-state index < -0.39 is 11.8 Å². The summed E-state index contributed by atoms with van der Waals surface area (Å²) in [6, 6.07) is 8.13. The molecule has 1 aromatic carbocycles. The molecule has 0 aromatic heterocycles. The zero-order valence-electron chi connectivity index (χ0n) is 10.6. The van der Waals surface area contributed by atoms with Crippen molar-refractivity contribution in [1.29, 1.82) is 10.5 Å². The largest absolute Gasteiger partial charge is 0.478 e. The lowest BCUT2D eigenvalue weighted by atomic mass is 10.1. The minimum atomic E-state index is -1.11. The van der Waals surface area contributed by atoms with Crippen LogP contribution in [0.4, 0.5) is 4.39 Å². The fraction of sp³-hybridized carbons (Fsp3) is 0.214. The van der Waals surface area contributed by atoms with Gasteiger partial charge in [0, 0.05) is 18.2 Å². The molecule has 102 valence electrons. The van der Waals surface area contributed by atoms with Crippen LogP contribution in [0, 0.1) is 28.5 Å². The van der Waals surface area contributed by atoms with Crippen molar-refractivity contribution in [3.05, 3.63) is 41.2 Å². The molecule has 6 heteroatoms. The Labute approximate surface area is 115 Å². The maximum atomic E-state index is 13.8. The summed E-state index contributed by atoms with van der Waals surface area (Å²) in [5.41, 5.74) is 0.781. The predicted molar refractivity (Wildman–Crippen MR) is 69.6 cm³/mol. The number of nitrogens with zero attached hydrogens (tertiary/aromatic N) is 3. The molecule has 0 saturated carbocycles. The summed E-state index contributed by atoms with van der Waals surface area (Å²) in [6.45, 7) is 0.219. The smallest absolute Gasteiger partial charge is 0.328 e. The summed E-state index contributed by atoms with van der Waals surface area (Å²) >= 11 is 0. The number of carboxylic acids is 1. The van der Waals surface area contributed by atoms with Gasteiger partial charge >= 0.3 is 5.97 Å². The summed E-state index contributed by atoms with van der Waals surface area (Å²) in [5.74, 6) is -1.61. The predicted octanol–water partition coefficient (Wildman–Crippen LogP) is 1.77. The minimum Gasteiger partial charge on any atom is -0.478 e. The van der Waals surface area contributed by atoms with Crippen LogP contribution in [-0.2, 0) is 11.3 Å². The standard InChI is InChI=1S/C14H12FN3O2/c15-13-9-11(2-4-14(19)20)1-3-12(13)10-18(7-5-16)8-6-17/h1-4,9H,7-8,10H2,(H,19,20). The van der Waals surface area contributed by atoms with E-state index in [1.54, 1.807) is 6.07 Å². The molecular weight excluding hydrogens is 261 g/mol. The highest BCUT2D eigenvalue weighted by molar-refractivity contribution is 5.85. The molecule has 0 bridgehead atoms. The maximum absolute atomic E-state index is 13.8. The van der Waals surface area contributed by atoms with Crippen molar-refractivity contribution in [1.82, 2.24) is 4.90 Å². The van der Waals surface area contributed by atoms with E-state index in [1.165, 1.54) is 23.1 Å². The summed E-state index contributed by atoms with van der Waals surface area (Å²) < 4.78 is 13.8. The number of halogens is 1. The van der Waals surface area contributed by atoms with Gasteiger partial charge in [0.15, 0.2) is 0 Å². The van der Waals surface area contributed by atoms with Gasteiger partial charge in [-0.25, -0.2) is 9.18 Å². The van der Waals surface area contributed by atoms with Crippen LogP contribution in [0.3, 0.4) is 0 Å². The van der Waals surface area contributed by atoms with Gasteiger partial charge in [0.25, 0.3) is 0 Å². The quantitative estimate of drug-likeness (QED) is 0.630. The number of rotatable bonds is 6. The van der Waals surface area contributed by atoms with Crippen LogP contribution in [0.1, 0.15) is 11.1 Å². The summed E-state index contributed by atoms with van der Waals surface area (Å²) in [4.78, 5) is 11.9. The van der Waals surface area contributed by atoms with Crippen molar-refractivity contribution in [3.8, 4) is 12.1 Å². The van der Waals surface area contributed by atoms with E-state index in [0.717, 1.165) is 6.08 Å².